The van der Waals surface area contributed by atoms with E-state index in [1.807, 2.05) is 31.2 Å². The summed E-state index contributed by atoms with van der Waals surface area (Å²) >= 11 is 0. The second-order valence-electron chi connectivity index (χ2n) is 5.81. The zero-order valence-electron chi connectivity index (χ0n) is 13.7. The molecule has 1 aromatic carbocycles. The Bertz CT molecular complexity index is 718. The third-order valence-corrected chi connectivity index (χ3v) is 4.11. The summed E-state index contributed by atoms with van der Waals surface area (Å²) in [6.45, 7) is 4.22. The standard InChI is InChI=1S/C16H20N4O4/c1-11-9-19(6-7-20(11)16(21)22)10-14-17-15(24-18-14)12-4-3-5-13(8-12)23-2/h3-5,8,11H,6-7,9-10H2,1-2H3,(H,21,22). The van der Waals surface area contributed by atoms with Crippen molar-refractivity contribution in [3.05, 3.63) is 30.1 Å². The molecule has 0 bridgehead atoms. The van der Waals surface area contributed by atoms with Gasteiger partial charge in [-0.15, -0.1) is 0 Å². The topological polar surface area (TPSA) is 91.9 Å². The molecule has 3 rings (SSSR count). The van der Waals surface area contributed by atoms with Gasteiger partial charge in [-0.2, -0.15) is 4.98 Å². The van der Waals surface area contributed by atoms with E-state index < -0.39 is 6.09 Å². The van der Waals surface area contributed by atoms with Gasteiger partial charge in [0.05, 0.1) is 13.7 Å². The largest absolute Gasteiger partial charge is 0.497 e. The summed E-state index contributed by atoms with van der Waals surface area (Å²) in [4.78, 5) is 19.1. The number of carbonyl (C=O) groups is 1. The summed E-state index contributed by atoms with van der Waals surface area (Å²) in [5.41, 5.74) is 0.803. The minimum Gasteiger partial charge on any atom is -0.497 e. The molecule has 1 aliphatic rings. The molecule has 1 N–H and O–H groups in total. The fraction of sp³-hybridized carbons (Fsp3) is 0.438. The van der Waals surface area contributed by atoms with Crippen LogP contribution < -0.4 is 4.74 Å². The zero-order chi connectivity index (χ0) is 17.1. The third-order valence-electron chi connectivity index (χ3n) is 4.11. The number of hydrogen-bond acceptors (Lipinski definition) is 6. The lowest BCUT2D eigenvalue weighted by Gasteiger charge is -2.37. The van der Waals surface area contributed by atoms with Gasteiger partial charge in [0, 0.05) is 31.2 Å². The van der Waals surface area contributed by atoms with Gasteiger partial charge in [-0.1, -0.05) is 11.2 Å². The van der Waals surface area contributed by atoms with E-state index in [1.165, 1.54) is 4.90 Å². The highest BCUT2D eigenvalue weighted by atomic mass is 16.5. The fourth-order valence-electron chi connectivity index (χ4n) is 2.85. The first kappa shape index (κ1) is 16.3. The summed E-state index contributed by atoms with van der Waals surface area (Å²) in [5.74, 6) is 1.76. The smallest absolute Gasteiger partial charge is 0.407 e. The molecule has 2 heterocycles. The highest BCUT2D eigenvalue weighted by Gasteiger charge is 2.27. The van der Waals surface area contributed by atoms with Crippen molar-refractivity contribution in [3.8, 4) is 17.2 Å². The molecule has 0 radical (unpaired) electrons. The summed E-state index contributed by atoms with van der Waals surface area (Å²) < 4.78 is 10.5. The number of nitrogens with zero attached hydrogens (tertiary/aromatic N) is 4. The number of aromatic nitrogens is 2. The van der Waals surface area contributed by atoms with Gasteiger partial charge < -0.3 is 19.3 Å². The fourth-order valence-corrected chi connectivity index (χ4v) is 2.85. The second-order valence-corrected chi connectivity index (χ2v) is 5.81. The minimum absolute atomic E-state index is 0.0546. The summed E-state index contributed by atoms with van der Waals surface area (Å²) in [5, 5.41) is 13.1. The van der Waals surface area contributed by atoms with Gasteiger partial charge in [0.1, 0.15) is 5.75 Å². The summed E-state index contributed by atoms with van der Waals surface area (Å²) in [7, 11) is 1.61. The molecule has 2 aromatic rings. The first-order chi connectivity index (χ1) is 11.6. The van der Waals surface area contributed by atoms with Gasteiger partial charge in [0.2, 0.25) is 0 Å². The molecule has 0 saturated carbocycles. The van der Waals surface area contributed by atoms with Crippen molar-refractivity contribution in [2.75, 3.05) is 26.7 Å². The molecular formula is C16H20N4O4. The minimum atomic E-state index is -0.873. The van der Waals surface area contributed by atoms with Crippen molar-refractivity contribution < 1.29 is 19.2 Å². The van der Waals surface area contributed by atoms with Crippen LogP contribution in [0.1, 0.15) is 12.7 Å². The number of amides is 1. The van der Waals surface area contributed by atoms with Crippen LogP contribution in [0.15, 0.2) is 28.8 Å². The summed E-state index contributed by atoms with van der Waals surface area (Å²) in [6.07, 6.45) is -0.873. The van der Waals surface area contributed by atoms with Crippen molar-refractivity contribution >= 4 is 6.09 Å². The SMILES string of the molecule is COc1cccc(-c2nc(CN3CCN(C(=O)O)C(C)C3)no2)c1. The molecule has 0 spiro atoms. The predicted molar refractivity (Wildman–Crippen MR) is 85.8 cm³/mol. The molecule has 1 atom stereocenters. The van der Waals surface area contributed by atoms with E-state index in [1.54, 1.807) is 7.11 Å². The average molecular weight is 332 g/mol. The Kier molecular flexibility index (Phi) is 4.66. The van der Waals surface area contributed by atoms with Crippen molar-refractivity contribution in [2.24, 2.45) is 0 Å². The molecule has 1 aromatic heterocycles. The molecular weight excluding hydrogens is 312 g/mol. The van der Waals surface area contributed by atoms with Crippen molar-refractivity contribution in [3.63, 3.8) is 0 Å². The molecule has 1 saturated heterocycles. The number of carboxylic acid groups (broad SMARTS) is 1. The Morgan fingerprint density at radius 2 is 2.29 bits per heavy atom. The lowest BCUT2D eigenvalue weighted by Crippen LogP contribution is -2.53. The monoisotopic (exact) mass is 332 g/mol. The number of methoxy groups -OCH3 is 1. The number of benzene rings is 1. The van der Waals surface area contributed by atoms with E-state index in [-0.39, 0.29) is 6.04 Å². The molecule has 24 heavy (non-hydrogen) atoms. The van der Waals surface area contributed by atoms with Crippen molar-refractivity contribution in [1.82, 2.24) is 19.9 Å². The van der Waals surface area contributed by atoms with Gasteiger partial charge in [-0.3, -0.25) is 4.90 Å². The number of piperazine rings is 1. The van der Waals surface area contributed by atoms with Crippen LogP contribution in [0.2, 0.25) is 0 Å². The maximum absolute atomic E-state index is 11.1. The molecule has 8 heteroatoms. The zero-order valence-corrected chi connectivity index (χ0v) is 13.7. The van der Waals surface area contributed by atoms with Crippen LogP contribution in [0.25, 0.3) is 11.5 Å². The van der Waals surface area contributed by atoms with Crippen molar-refractivity contribution in [2.45, 2.75) is 19.5 Å². The lowest BCUT2D eigenvalue weighted by molar-refractivity contribution is 0.0697. The molecule has 8 nitrogen and oxygen atoms in total. The average Bonchev–Trinajstić information content (AvgIpc) is 3.03. The highest BCUT2D eigenvalue weighted by molar-refractivity contribution is 5.65. The van der Waals surface area contributed by atoms with Crippen LogP contribution in [0.5, 0.6) is 5.75 Å². The van der Waals surface area contributed by atoms with Gasteiger partial charge in [0.25, 0.3) is 5.89 Å². The van der Waals surface area contributed by atoms with Gasteiger partial charge in [-0.05, 0) is 25.1 Å². The molecule has 0 aliphatic carbocycles. The van der Waals surface area contributed by atoms with Crippen LogP contribution in [0.3, 0.4) is 0 Å². The molecule has 128 valence electrons. The van der Waals surface area contributed by atoms with Crippen LogP contribution in [-0.4, -0.2) is 63.9 Å². The van der Waals surface area contributed by atoms with Crippen LogP contribution in [0.4, 0.5) is 4.79 Å². The molecule has 1 unspecified atom stereocenters. The Hall–Kier alpha value is -2.61. The van der Waals surface area contributed by atoms with Gasteiger partial charge >= 0.3 is 6.09 Å². The van der Waals surface area contributed by atoms with Crippen molar-refractivity contribution in [1.29, 1.82) is 0 Å². The maximum atomic E-state index is 11.1. The molecule has 1 amide bonds. The predicted octanol–water partition coefficient (Wildman–Crippen LogP) is 1.93. The number of ether oxygens (including phenoxy) is 1. The summed E-state index contributed by atoms with van der Waals surface area (Å²) in [6, 6.07) is 7.38. The van der Waals surface area contributed by atoms with Crippen LogP contribution in [-0.2, 0) is 6.54 Å². The Labute approximate surface area is 139 Å². The maximum Gasteiger partial charge on any atom is 0.407 e. The number of rotatable bonds is 4. The van der Waals surface area contributed by atoms with E-state index in [4.69, 9.17) is 14.4 Å². The van der Waals surface area contributed by atoms with Crippen LogP contribution >= 0.6 is 0 Å². The van der Waals surface area contributed by atoms with E-state index >= 15 is 0 Å². The Morgan fingerprint density at radius 1 is 1.46 bits per heavy atom. The van der Waals surface area contributed by atoms with Crippen LogP contribution in [0, 0.1) is 0 Å². The van der Waals surface area contributed by atoms with E-state index in [9.17, 15) is 4.79 Å². The van der Waals surface area contributed by atoms with E-state index in [0.29, 0.717) is 37.9 Å². The van der Waals surface area contributed by atoms with E-state index in [0.717, 1.165) is 11.3 Å². The Balaban J connectivity index is 1.65. The molecule has 1 aliphatic heterocycles. The quantitative estimate of drug-likeness (QED) is 0.914. The second kappa shape index (κ2) is 6.88. The molecule has 1 fully saturated rings. The first-order valence-corrected chi connectivity index (χ1v) is 7.75. The van der Waals surface area contributed by atoms with Gasteiger partial charge in [0.15, 0.2) is 5.82 Å². The number of hydrogen-bond donors (Lipinski definition) is 1. The third kappa shape index (κ3) is 3.48. The normalized spacial score (nSPS) is 18.6. The lowest BCUT2D eigenvalue weighted by atomic mass is 10.2. The van der Waals surface area contributed by atoms with E-state index in [2.05, 4.69) is 15.0 Å². The highest BCUT2D eigenvalue weighted by Crippen LogP contribution is 2.22. The van der Waals surface area contributed by atoms with Gasteiger partial charge in [-0.25, -0.2) is 4.79 Å². The first-order valence-electron chi connectivity index (χ1n) is 7.75. The Morgan fingerprint density at radius 3 is 3.00 bits per heavy atom.